The molecule has 2 rings (SSSR count). The van der Waals surface area contributed by atoms with Gasteiger partial charge in [-0.25, -0.2) is 0 Å². The summed E-state index contributed by atoms with van der Waals surface area (Å²) in [5.74, 6) is 0. The Morgan fingerprint density at radius 2 is 1.65 bits per heavy atom. The molecular formula is C12H11N3O2. The summed E-state index contributed by atoms with van der Waals surface area (Å²) in [6.45, 7) is 0. The first-order valence-electron chi connectivity index (χ1n) is 4.98. The van der Waals surface area contributed by atoms with Crippen LogP contribution >= 0.6 is 0 Å². The van der Waals surface area contributed by atoms with Crippen molar-refractivity contribution in [2.75, 3.05) is 11.5 Å². The molecule has 0 aromatic heterocycles. The second kappa shape index (κ2) is 4.13. The fourth-order valence-corrected chi connectivity index (χ4v) is 1.59. The van der Waals surface area contributed by atoms with Crippen LogP contribution in [0.4, 0.5) is 17.1 Å². The molecule has 5 heteroatoms. The standard InChI is InChI=1S/C12H11N3O2/c13-9-3-6-12(14)11(7-9)8-1-4-10(5-2-8)15(16)17/h1-7H,13-14H2. The molecular weight excluding hydrogens is 218 g/mol. The summed E-state index contributed by atoms with van der Waals surface area (Å²) in [6.07, 6.45) is 0. The van der Waals surface area contributed by atoms with Crippen LogP contribution in [0, 0.1) is 10.1 Å². The van der Waals surface area contributed by atoms with Crippen molar-refractivity contribution in [1.29, 1.82) is 0 Å². The normalized spacial score (nSPS) is 10.1. The smallest absolute Gasteiger partial charge is 0.269 e. The Bertz CT molecular complexity index is 564. The number of non-ortho nitro benzene ring substituents is 1. The highest BCUT2D eigenvalue weighted by Crippen LogP contribution is 2.29. The number of nitrogens with two attached hydrogens (primary N) is 2. The zero-order chi connectivity index (χ0) is 12.4. The lowest BCUT2D eigenvalue weighted by Gasteiger charge is -2.06. The SMILES string of the molecule is Nc1ccc(N)c(-c2ccc([N+](=O)[O-])cc2)c1. The third-order valence-electron chi connectivity index (χ3n) is 2.47. The highest BCUT2D eigenvalue weighted by molar-refractivity contribution is 5.79. The maximum absolute atomic E-state index is 10.5. The van der Waals surface area contributed by atoms with Gasteiger partial charge in [0.1, 0.15) is 0 Å². The second-order valence-corrected chi connectivity index (χ2v) is 3.65. The minimum absolute atomic E-state index is 0.0521. The van der Waals surface area contributed by atoms with Crippen molar-refractivity contribution in [3.05, 3.63) is 52.6 Å². The largest absolute Gasteiger partial charge is 0.399 e. The Labute approximate surface area is 97.8 Å². The van der Waals surface area contributed by atoms with Gasteiger partial charge >= 0.3 is 0 Å². The molecule has 0 aliphatic heterocycles. The van der Waals surface area contributed by atoms with E-state index in [0.29, 0.717) is 11.4 Å². The van der Waals surface area contributed by atoms with Gasteiger partial charge in [-0.1, -0.05) is 0 Å². The van der Waals surface area contributed by atoms with E-state index < -0.39 is 4.92 Å². The number of nitro groups is 1. The van der Waals surface area contributed by atoms with E-state index in [9.17, 15) is 10.1 Å². The van der Waals surface area contributed by atoms with Gasteiger partial charge in [0.05, 0.1) is 4.92 Å². The summed E-state index contributed by atoms with van der Waals surface area (Å²) < 4.78 is 0. The van der Waals surface area contributed by atoms with Crippen LogP contribution in [0.25, 0.3) is 11.1 Å². The lowest BCUT2D eigenvalue weighted by molar-refractivity contribution is -0.384. The molecule has 0 heterocycles. The molecule has 0 atom stereocenters. The van der Waals surface area contributed by atoms with Crippen LogP contribution < -0.4 is 11.5 Å². The minimum atomic E-state index is -0.438. The predicted molar refractivity (Wildman–Crippen MR) is 67.4 cm³/mol. The number of anilines is 2. The van der Waals surface area contributed by atoms with Gasteiger partial charge < -0.3 is 11.5 Å². The fourth-order valence-electron chi connectivity index (χ4n) is 1.59. The highest BCUT2D eigenvalue weighted by Gasteiger charge is 2.07. The molecule has 0 amide bonds. The van der Waals surface area contributed by atoms with E-state index in [4.69, 9.17) is 11.5 Å². The first-order chi connectivity index (χ1) is 8.08. The molecule has 0 fully saturated rings. The number of nitro benzene ring substituents is 1. The molecule has 5 nitrogen and oxygen atoms in total. The second-order valence-electron chi connectivity index (χ2n) is 3.65. The molecule has 0 spiro atoms. The van der Waals surface area contributed by atoms with Crippen molar-refractivity contribution < 1.29 is 4.92 Å². The number of nitrogens with zero attached hydrogens (tertiary/aromatic N) is 1. The number of nitrogen functional groups attached to an aromatic ring is 2. The summed E-state index contributed by atoms with van der Waals surface area (Å²) in [5.41, 5.74) is 14.3. The number of hydrogen-bond donors (Lipinski definition) is 2. The monoisotopic (exact) mass is 229 g/mol. The van der Waals surface area contributed by atoms with E-state index in [1.54, 1.807) is 30.3 Å². The molecule has 0 aliphatic carbocycles. The van der Waals surface area contributed by atoms with E-state index in [2.05, 4.69) is 0 Å². The average molecular weight is 229 g/mol. The van der Waals surface area contributed by atoms with Crippen molar-refractivity contribution in [3.8, 4) is 11.1 Å². The van der Waals surface area contributed by atoms with Crippen molar-refractivity contribution in [2.45, 2.75) is 0 Å². The Kier molecular flexibility index (Phi) is 2.66. The van der Waals surface area contributed by atoms with Crippen molar-refractivity contribution in [3.63, 3.8) is 0 Å². The summed E-state index contributed by atoms with van der Waals surface area (Å²) >= 11 is 0. The molecule has 0 aliphatic rings. The van der Waals surface area contributed by atoms with E-state index in [1.165, 1.54) is 12.1 Å². The van der Waals surface area contributed by atoms with Crippen LogP contribution in [0.15, 0.2) is 42.5 Å². The van der Waals surface area contributed by atoms with E-state index in [0.717, 1.165) is 11.1 Å². The summed E-state index contributed by atoms with van der Waals surface area (Å²) in [5, 5.41) is 10.5. The molecule has 0 saturated heterocycles. The van der Waals surface area contributed by atoms with Crippen LogP contribution in [0.3, 0.4) is 0 Å². The Morgan fingerprint density at radius 3 is 2.24 bits per heavy atom. The Hall–Kier alpha value is -2.56. The maximum atomic E-state index is 10.5. The van der Waals surface area contributed by atoms with Crippen LogP contribution in [0.2, 0.25) is 0 Å². The minimum Gasteiger partial charge on any atom is -0.399 e. The number of benzene rings is 2. The van der Waals surface area contributed by atoms with Gasteiger partial charge in [0.2, 0.25) is 0 Å². The fraction of sp³-hybridized carbons (Fsp3) is 0. The van der Waals surface area contributed by atoms with Crippen LogP contribution in [0.5, 0.6) is 0 Å². The molecule has 4 N–H and O–H groups in total. The van der Waals surface area contributed by atoms with E-state index >= 15 is 0 Å². The first kappa shape index (κ1) is 10.9. The molecule has 2 aromatic rings. The summed E-state index contributed by atoms with van der Waals surface area (Å²) in [4.78, 5) is 10.1. The first-order valence-corrected chi connectivity index (χ1v) is 4.98. The molecule has 2 aromatic carbocycles. The maximum Gasteiger partial charge on any atom is 0.269 e. The molecule has 0 radical (unpaired) electrons. The topological polar surface area (TPSA) is 95.2 Å². The van der Waals surface area contributed by atoms with Gasteiger partial charge in [-0.2, -0.15) is 0 Å². The highest BCUT2D eigenvalue weighted by atomic mass is 16.6. The van der Waals surface area contributed by atoms with Crippen molar-refractivity contribution in [2.24, 2.45) is 0 Å². The lowest BCUT2D eigenvalue weighted by Crippen LogP contribution is -1.93. The number of hydrogen-bond acceptors (Lipinski definition) is 4. The zero-order valence-corrected chi connectivity index (χ0v) is 8.96. The van der Waals surface area contributed by atoms with Crippen LogP contribution in [-0.4, -0.2) is 4.92 Å². The van der Waals surface area contributed by atoms with Gasteiger partial charge in [0, 0.05) is 29.1 Å². The third kappa shape index (κ3) is 2.17. The average Bonchev–Trinajstić information content (AvgIpc) is 2.32. The van der Waals surface area contributed by atoms with Crippen molar-refractivity contribution >= 4 is 17.1 Å². The third-order valence-corrected chi connectivity index (χ3v) is 2.47. The van der Waals surface area contributed by atoms with E-state index in [1.807, 2.05) is 0 Å². The molecule has 0 unspecified atom stereocenters. The van der Waals surface area contributed by atoms with E-state index in [-0.39, 0.29) is 5.69 Å². The quantitative estimate of drug-likeness (QED) is 0.469. The Morgan fingerprint density at radius 1 is 1.00 bits per heavy atom. The summed E-state index contributed by atoms with van der Waals surface area (Å²) in [7, 11) is 0. The van der Waals surface area contributed by atoms with Crippen LogP contribution in [-0.2, 0) is 0 Å². The van der Waals surface area contributed by atoms with Gasteiger partial charge in [-0.3, -0.25) is 10.1 Å². The molecule has 0 saturated carbocycles. The molecule has 0 bridgehead atoms. The summed E-state index contributed by atoms with van der Waals surface area (Å²) in [6, 6.07) is 11.4. The Balaban J connectivity index is 2.46. The predicted octanol–water partition coefficient (Wildman–Crippen LogP) is 2.43. The zero-order valence-electron chi connectivity index (χ0n) is 8.96. The van der Waals surface area contributed by atoms with Crippen LogP contribution in [0.1, 0.15) is 0 Å². The van der Waals surface area contributed by atoms with Gasteiger partial charge in [0.25, 0.3) is 5.69 Å². The van der Waals surface area contributed by atoms with Crippen molar-refractivity contribution in [1.82, 2.24) is 0 Å². The van der Waals surface area contributed by atoms with Gasteiger partial charge in [-0.05, 0) is 35.9 Å². The molecule has 17 heavy (non-hydrogen) atoms. The molecule has 86 valence electrons. The van der Waals surface area contributed by atoms with Gasteiger partial charge in [0.15, 0.2) is 0 Å². The van der Waals surface area contributed by atoms with Gasteiger partial charge in [-0.15, -0.1) is 0 Å². The number of rotatable bonds is 2. The lowest BCUT2D eigenvalue weighted by atomic mass is 10.0.